The first-order valence-electron chi connectivity index (χ1n) is 13.6. The zero-order valence-electron chi connectivity index (χ0n) is 23.4. The summed E-state index contributed by atoms with van der Waals surface area (Å²) in [6.07, 6.45) is 9.79. The summed E-state index contributed by atoms with van der Waals surface area (Å²) in [4.78, 5) is 26.2. The van der Waals surface area contributed by atoms with Gasteiger partial charge in [0, 0.05) is 54.4 Å². The zero-order valence-corrected chi connectivity index (χ0v) is 23.4. The number of piperidine rings is 1. The summed E-state index contributed by atoms with van der Waals surface area (Å²) in [6, 6.07) is 11.8. The van der Waals surface area contributed by atoms with E-state index in [1.54, 1.807) is 32.8 Å². The molecule has 1 aliphatic rings. The van der Waals surface area contributed by atoms with E-state index in [4.69, 9.17) is 19.2 Å². The number of nitrogens with zero attached hydrogens (tertiary/aromatic N) is 7. The highest BCUT2D eigenvalue weighted by atomic mass is 16.5. The summed E-state index contributed by atoms with van der Waals surface area (Å²) in [5.41, 5.74) is 5.38. The number of imidazole rings is 1. The smallest absolute Gasteiger partial charge is 0.407 e. The molecule has 0 unspecified atom stereocenters. The van der Waals surface area contributed by atoms with Crippen LogP contribution in [0.5, 0.6) is 17.4 Å². The van der Waals surface area contributed by atoms with Gasteiger partial charge in [0.2, 0.25) is 5.88 Å². The largest absolute Gasteiger partial charge is 0.493 e. The lowest BCUT2D eigenvalue weighted by atomic mass is 10.1. The Bertz CT molecular complexity index is 1690. The van der Waals surface area contributed by atoms with Gasteiger partial charge in [0.15, 0.2) is 17.1 Å². The highest BCUT2D eigenvalue weighted by molar-refractivity contribution is 5.77. The van der Waals surface area contributed by atoms with Crippen molar-refractivity contribution in [2.45, 2.75) is 32.0 Å². The van der Waals surface area contributed by atoms with Gasteiger partial charge in [-0.3, -0.25) is 4.68 Å². The first-order valence-corrected chi connectivity index (χ1v) is 13.6. The minimum absolute atomic E-state index is 0.179. The Kier molecular flexibility index (Phi) is 7.58. The van der Waals surface area contributed by atoms with Crippen molar-refractivity contribution < 1.29 is 24.1 Å². The molecule has 4 aromatic heterocycles. The van der Waals surface area contributed by atoms with Crippen molar-refractivity contribution in [3.05, 3.63) is 78.6 Å². The average Bonchev–Trinajstić information content (AvgIpc) is 3.68. The summed E-state index contributed by atoms with van der Waals surface area (Å²) in [5.74, 6) is 1.84. The lowest BCUT2D eigenvalue weighted by Crippen LogP contribution is -2.38. The molecule has 216 valence electrons. The Morgan fingerprint density at radius 1 is 0.929 bits per heavy atom. The third-order valence-electron chi connectivity index (χ3n) is 7.48. The molecule has 0 saturated carbocycles. The van der Waals surface area contributed by atoms with E-state index in [0.717, 1.165) is 46.3 Å². The molecule has 5 heterocycles. The van der Waals surface area contributed by atoms with Crippen molar-refractivity contribution in [3.63, 3.8) is 0 Å². The predicted molar refractivity (Wildman–Crippen MR) is 154 cm³/mol. The number of rotatable bonds is 9. The molecular weight excluding hydrogens is 538 g/mol. The first-order chi connectivity index (χ1) is 20.5. The zero-order chi connectivity index (χ0) is 29.1. The Morgan fingerprint density at radius 2 is 1.76 bits per heavy atom. The fourth-order valence-corrected chi connectivity index (χ4v) is 5.14. The maximum absolute atomic E-state index is 11.2. The quantitative estimate of drug-likeness (QED) is 0.270. The van der Waals surface area contributed by atoms with E-state index in [1.807, 2.05) is 58.2 Å². The Morgan fingerprint density at radius 3 is 2.50 bits per heavy atom. The number of hydrogen-bond donors (Lipinski definition) is 1. The van der Waals surface area contributed by atoms with E-state index in [-0.39, 0.29) is 6.04 Å². The van der Waals surface area contributed by atoms with Crippen LogP contribution in [0.25, 0.3) is 22.3 Å². The number of fused-ring (bicyclic) bond motifs is 1. The van der Waals surface area contributed by atoms with Crippen LogP contribution >= 0.6 is 0 Å². The normalized spacial score (nSPS) is 13.8. The second kappa shape index (κ2) is 11.8. The second-order valence-electron chi connectivity index (χ2n) is 10.1. The number of methoxy groups -OCH3 is 2. The molecule has 1 fully saturated rings. The van der Waals surface area contributed by atoms with Crippen LogP contribution in [0.15, 0.2) is 67.5 Å². The Balaban J connectivity index is 1.13. The average molecular weight is 570 g/mol. The first kappa shape index (κ1) is 27.1. The lowest BCUT2D eigenvalue weighted by Gasteiger charge is -2.30. The van der Waals surface area contributed by atoms with Gasteiger partial charge in [-0.1, -0.05) is 6.07 Å². The van der Waals surface area contributed by atoms with Gasteiger partial charge in [-0.05, 0) is 42.7 Å². The van der Waals surface area contributed by atoms with Crippen molar-refractivity contribution in [3.8, 4) is 28.5 Å². The van der Waals surface area contributed by atoms with Gasteiger partial charge in [0.25, 0.3) is 0 Å². The minimum atomic E-state index is -0.864. The van der Waals surface area contributed by atoms with Crippen molar-refractivity contribution in [1.29, 1.82) is 0 Å². The second-order valence-corrected chi connectivity index (χ2v) is 10.1. The van der Waals surface area contributed by atoms with Crippen molar-refractivity contribution >= 4 is 17.3 Å². The highest BCUT2D eigenvalue weighted by Gasteiger charge is 2.24. The van der Waals surface area contributed by atoms with E-state index >= 15 is 0 Å². The third kappa shape index (κ3) is 5.69. The van der Waals surface area contributed by atoms with Crippen LogP contribution < -0.4 is 14.2 Å². The number of benzene rings is 1. The van der Waals surface area contributed by atoms with Crippen LogP contribution in [0.4, 0.5) is 4.79 Å². The summed E-state index contributed by atoms with van der Waals surface area (Å²) in [6.45, 7) is 1.95. The van der Waals surface area contributed by atoms with Gasteiger partial charge < -0.3 is 28.8 Å². The fourth-order valence-electron chi connectivity index (χ4n) is 5.14. The van der Waals surface area contributed by atoms with Crippen molar-refractivity contribution in [2.24, 2.45) is 0 Å². The molecule has 12 heteroatoms. The molecule has 12 nitrogen and oxygen atoms in total. The molecule has 0 radical (unpaired) electrons. The van der Waals surface area contributed by atoms with Crippen molar-refractivity contribution in [2.75, 3.05) is 27.3 Å². The number of aromatic nitrogens is 6. The van der Waals surface area contributed by atoms with E-state index < -0.39 is 6.09 Å². The van der Waals surface area contributed by atoms with E-state index in [1.165, 1.54) is 4.90 Å². The lowest BCUT2D eigenvalue weighted by molar-refractivity contribution is 0.124. The summed E-state index contributed by atoms with van der Waals surface area (Å²) < 4.78 is 20.6. The SMILES string of the molecule is COc1ccc(COc2ccc(Cn3cnc4cc(-c5cnn(C6CCN(C(=O)O)CC6)c5)cnc43)cc2OC)cn1. The molecule has 6 rings (SSSR count). The third-order valence-corrected chi connectivity index (χ3v) is 7.48. The standard InChI is InChI=1S/C30H31N7O5/c1-40-27-11-20(3-5-26(27)42-18-21-4-6-28(41-2)31-13-21)16-36-19-33-25-12-22(14-32-29(25)36)23-15-34-37(17-23)24-7-9-35(10-8-24)30(38)39/h3-6,11-15,17,19,24H,7-10,16,18H2,1-2H3,(H,38,39). The van der Waals surface area contributed by atoms with E-state index in [9.17, 15) is 9.90 Å². The van der Waals surface area contributed by atoms with Gasteiger partial charge in [-0.15, -0.1) is 0 Å². The molecular formula is C30H31N7O5. The van der Waals surface area contributed by atoms with Gasteiger partial charge in [0.1, 0.15) is 12.1 Å². The maximum Gasteiger partial charge on any atom is 0.407 e. The summed E-state index contributed by atoms with van der Waals surface area (Å²) >= 11 is 0. The molecule has 5 aromatic rings. The topological polar surface area (TPSA) is 130 Å². The highest BCUT2D eigenvalue weighted by Crippen LogP contribution is 2.30. The number of hydrogen-bond acceptors (Lipinski definition) is 8. The molecule has 1 aliphatic heterocycles. The number of amides is 1. The molecule has 42 heavy (non-hydrogen) atoms. The molecule has 0 atom stereocenters. The molecule has 1 aromatic carbocycles. The molecule has 1 N–H and O–H groups in total. The number of carboxylic acid groups (broad SMARTS) is 1. The number of ether oxygens (including phenoxy) is 3. The van der Waals surface area contributed by atoms with Gasteiger partial charge >= 0.3 is 6.09 Å². The van der Waals surface area contributed by atoms with Crippen LogP contribution in [0.2, 0.25) is 0 Å². The maximum atomic E-state index is 11.2. The number of likely N-dealkylation sites (tertiary alicyclic amines) is 1. The van der Waals surface area contributed by atoms with Crippen LogP contribution in [0, 0.1) is 0 Å². The Hall–Kier alpha value is -5.13. The van der Waals surface area contributed by atoms with E-state index in [0.29, 0.717) is 43.6 Å². The minimum Gasteiger partial charge on any atom is -0.493 e. The van der Waals surface area contributed by atoms with Gasteiger partial charge in [-0.25, -0.2) is 19.7 Å². The molecule has 1 saturated heterocycles. The molecule has 0 aliphatic carbocycles. The van der Waals surface area contributed by atoms with Gasteiger partial charge in [-0.2, -0.15) is 5.10 Å². The van der Waals surface area contributed by atoms with Crippen LogP contribution in [-0.2, 0) is 13.2 Å². The fraction of sp³-hybridized carbons (Fsp3) is 0.300. The van der Waals surface area contributed by atoms with E-state index in [2.05, 4.69) is 15.1 Å². The molecule has 1 amide bonds. The number of pyridine rings is 2. The monoisotopic (exact) mass is 569 g/mol. The van der Waals surface area contributed by atoms with Crippen LogP contribution in [0.1, 0.15) is 30.0 Å². The van der Waals surface area contributed by atoms with Crippen molar-refractivity contribution in [1.82, 2.24) is 34.2 Å². The predicted octanol–water partition coefficient (Wildman–Crippen LogP) is 4.65. The Labute approximate surface area is 242 Å². The van der Waals surface area contributed by atoms with Gasteiger partial charge in [0.05, 0.1) is 39.3 Å². The molecule has 0 bridgehead atoms. The summed E-state index contributed by atoms with van der Waals surface area (Å²) in [5, 5.41) is 13.8. The summed E-state index contributed by atoms with van der Waals surface area (Å²) in [7, 11) is 3.21. The molecule has 0 spiro atoms. The van der Waals surface area contributed by atoms with Crippen LogP contribution in [0.3, 0.4) is 0 Å². The number of carbonyl (C=O) groups is 1. The van der Waals surface area contributed by atoms with Crippen LogP contribution in [-0.4, -0.2) is 72.7 Å².